The predicted octanol–water partition coefficient (Wildman–Crippen LogP) is 4.02. The van der Waals surface area contributed by atoms with E-state index in [2.05, 4.69) is 9.97 Å². The maximum absolute atomic E-state index is 5.97. The minimum absolute atomic E-state index is 0.254. The smallest absolute Gasteiger partial charge is 0.147 e. The Morgan fingerprint density at radius 1 is 1.06 bits per heavy atom. The standard InChI is InChI=1S/C11H7Cl3N2O/c12-8-2-1-3-9(11(8)14)17-6-7-4-16-10(13)5-15-7/h1-5H,6H2. The lowest BCUT2D eigenvalue weighted by Crippen LogP contribution is -1.99. The van der Waals surface area contributed by atoms with Gasteiger partial charge in [0.2, 0.25) is 0 Å². The topological polar surface area (TPSA) is 35.0 Å². The van der Waals surface area contributed by atoms with Gasteiger partial charge in [0.15, 0.2) is 0 Å². The zero-order chi connectivity index (χ0) is 12.3. The van der Waals surface area contributed by atoms with Gasteiger partial charge in [0, 0.05) is 0 Å². The van der Waals surface area contributed by atoms with Crippen LogP contribution in [0.1, 0.15) is 5.69 Å². The van der Waals surface area contributed by atoms with E-state index < -0.39 is 0 Å². The van der Waals surface area contributed by atoms with Gasteiger partial charge in [-0.25, -0.2) is 4.98 Å². The Bertz CT molecular complexity index is 517. The van der Waals surface area contributed by atoms with E-state index in [1.807, 2.05) is 0 Å². The number of halogens is 3. The van der Waals surface area contributed by atoms with Crippen LogP contribution in [-0.2, 0) is 6.61 Å². The summed E-state index contributed by atoms with van der Waals surface area (Å²) in [4.78, 5) is 7.95. The maximum atomic E-state index is 5.97. The zero-order valence-electron chi connectivity index (χ0n) is 8.53. The summed E-state index contributed by atoms with van der Waals surface area (Å²) in [6, 6.07) is 5.19. The molecule has 1 aromatic heterocycles. The molecule has 0 unspecified atom stereocenters. The van der Waals surface area contributed by atoms with Gasteiger partial charge in [0.1, 0.15) is 22.5 Å². The molecule has 2 aromatic rings. The lowest BCUT2D eigenvalue weighted by Gasteiger charge is -2.07. The molecule has 0 aliphatic rings. The molecule has 2 rings (SSSR count). The highest BCUT2D eigenvalue weighted by atomic mass is 35.5. The summed E-state index contributed by atoms with van der Waals surface area (Å²) in [7, 11) is 0. The summed E-state index contributed by atoms with van der Waals surface area (Å²) in [5.41, 5.74) is 0.658. The molecule has 0 spiro atoms. The molecule has 1 heterocycles. The Labute approximate surface area is 113 Å². The summed E-state index contributed by atoms with van der Waals surface area (Å²) in [6.07, 6.45) is 3.00. The Morgan fingerprint density at radius 3 is 2.59 bits per heavy atom. The van der Waals surface area contributed by atoms with Crippen LogP contribution < -0.4 is 4.74 Å². The minimum atomic E-state index is 0.254. The van der Waals surface area contributed by atoms with Crippen molar-refractivity contribution in [3.8, 4) is 5.75 Å². The highest BCUT2D eigenvalue weighted by Gasteiger charge is 2.06. The Kier molecular flexibility index (Phi) is 4.05. The molecular weight excluding hydrogens is 282 g/mol. The molecular formula is C11H7Cl3N2O. The quantitative estimate of drug-likeness (QED) is 0.856. The van der Waals surface area contributed by atoms with Crippen LogP contribution >= 0.6 is 34.8 Å². The Balaban J connectivity index is 2.07. The van der Waals surface area contributed by atoms with Crippen LogP contribution in [0.25, 0.3) is 0 Å². The van der Waals surface area contributed by atoms with Crippen molar-refractivity contribution in [3.05, 3.63) is 51.5 Å². The van der Waals surface area contributed by atoms with Gasteiger partial charge in [-0.1, -0.05) is 40.9 Å². The second kappa shape index (κ2) is 5.54. The van der Waals surface area contributed by atoms with Crippen molar-refractivity contribution in [2.24, 2.45) is 0 Å². The third-order valence-corrected chi connectivity index (χ3v) is 2.96. The van der Waals surface area contributed by atoms with Crippen molar-refractivity contribution in [2.75, 3.05) is 0 Å². The first-order valence-electron chi connectivity index (χ1n) is 4.70. The molecule has 3 nitrogen and oxygen atoms in total. The highest BCUT2D eigenvalue weighted by molar-refractivity contribution is 6.42. The summed E-state index contributed by atoms with van der Waals surface area (Å²) in [6.45, 7) is 0.254. The number of hydrogen-bond acceptors (Lipinski definition) is 3. The molecule has 1 aromatic carbocycles. The number of hydrogen-bond donors (Lipinski definition) is 0. The molecule has 0 saturated heterocycles. The molecule has 0 amide bonds. The van der Waals surface area contributed by atoms with Gasteiger partial charge in [-0.05, 0) is 12.1 Å². The number of benzene rings is 1. The van der Waals surface area contributed by atoms with E-state index in [9.17, 15) is 0 Å². The van der Waals surface area contributed by atoms with Gasteiger partial charge in [-0.2, -0.15) is 0 Å². The Hall–Kier alpha value is -1.03. The second-order valence-electron chi connectivity index (χ2n) is 3.17. The van der Waals surface area contributed by atoms with E-state index in [4.69, 9.17) is 39.5 Å². The monoisotopic (exact) mass is 288 g/mol. The second-order valence-corrected chi connectivity index (χ2v) is 4.34. The highest BCUT2D eigenvalue weighted by Crippen LogP contribution is 2.31. The molecule has 0 aliphatic carbocycles. The van der Waals surface area contributed by atoms with Gasteiger partial charge < -0.3 is 4.74 Å². The molecule has 88 valence electrons. The predicted molar refractivity (Wildman–Crippen MR) is 67.8 cm³/mol. The number of rotatable bonds is 3. The van der Waals surface area contributed by atoms with Crippen molar-refractivity contribution in [3.63, 3.8) is 0 Å². The first kappa shape index (κ1) is 12.4. The van der Waals surface area contributed by atoms with Crippen molar-refractivity contribution in [1.82, 2.24) is 9.97 Å². The van der Waals surface area contributed by atoms with Crippen LogP contribution in [0.15, 0.2) is 30.6 Å². The molecule has 0 atom stereocenters. The average molecular weight is 290 g/mol. The number of ether oxygens (including phenoxy) is 1. The Morgan fingerprint density at radius 2 is 1.88 bits per heavy atom. The summed E-state index contributed by atoms with van der Waals surface area (Å²) in [5.74, 6) is 0.510. The summed E-state index contributed by atoms with van der Waals surface area (Å²) < 4.78 is 5.48. The third kappa shape index (κ3) is 3.22. The molecule has 0 saturated carbocycles. The maximum Gasteiger partial charge on any atom is 0.147 e. The fraction of sp³-hybridized carbons (Fsp3) is 0.0909. The SMILES string of the molecule is Clc1cnc(COc2cccc(Cl)c2Cl)cn1. The summed E-state index contributed by atoms with van der Waals surface area (Å²) in [5, 5.41) is 1.18. The number of aromatic nitrogens is 2. The molecule has 0 N–H and O–H groups in total. The van der Waals surface area contributed by atoms with E-state index in [-0.39, 0.29) is 6.61 Å². The van der Waals surface area contributed by atoms with Gasteiger partial charge in [0.05, 0.1) is 23.1 Å². The first-order valence-corrected chi connectivity index (χ1v) is 5.83. The van der Waals surface area contributed by atoms with Crippen LogP contribution in [-0.4, -0.2) is 9.97 Å². The lowest BCUT2D eigenvalue weighted by atomic mass is 10.3. The van der Waals surface area contributed by atoms with Crippen LogP contribution in [0.5, 0.6) is 5.75 Å². The number of nitrogens with zero attached hydrogens (tertiary/aromatic N) is 2. The minimum Gasteiger partial charge on any atom is -0.486 e. The van der Waals surface area contributed by atoms with E-state index in [1.54, 1.807) is 24.4 Å². The van der Waals surface area contributed by atoms with Crippen molar-refractivity contribution < 1.29 is 4.74 Å². The van der Waals surface area contributed by atoms with Gasteiger partial charge >= 0.3 is 0 Å². The van der Waals surface area contributed by atoms with E-state index >= 15 is 0 Å². The molecule has 0 fully saturated rings. The zero-order valence-corrected chi connectivity index (χ0v) is 10.8. The normalized spacial score (nSPS) is 10.3. The largest absolute Gasteiger partial charge is 0.486 e. The lowest BCUT2D eigenvalue weighted by molar-refractivity contribution is 0.301. The molecule has 0 bridgehead atoms. The van der Waals surface area contributed by atoms with Crippen LogP contribution in [0.3, 0.4) is 0 Å². The fourth-order valence-corrected chi connectivity index (χ4v) is 1.60. The van der Waals surface area contributed by atoms with Gasteiger partial charge in [-0.15, -0.1) is 0 Å². The van der Waals surface area contributed by atoms with Crippen LogP contribution in [0.4, 0.5) is 0 Å². The third-order valence-electron chi connectivity index (χ3n) is 1.97. The first-order chi connectivity index (χ1) is 8.16. The molecule has 6 heteroatoms. The average Bonchev–Trinajstić information content (AvgIpc) is 2.33. The van der Waals surface area contributed by atoms with E-state index in [0.29, 0.717) is 26.6 Å². The molecule has 0 radical (unpaired) electrons. The fourth-order valence-electron chi connectivity index (χ4n) is 1.16. The van der Waals surface area contributed by atoms with Crippen molar-refractivity contribution in [1.29, 1.82) is 0 Å². The molecule has 0 aliphatic heterocycles. The van der Waals surface area contributed by atoms with Crippen LogP contribution in [0, 0.1) is 0 Å². The van der Waals surface area contributed by atoms with E-state index in [0.717, 1.165) is 0 Å². The van der Waals surface area contributed by atoms with E-state index in [1.165, 1.54) is 6.20 Å². The van der Waals surface area contributed by atoms with Crippen LogP contribution in [0.2, 0.25) is 15.2 Å². The van der Waals surface area contributed by atoms with Gasteiger partial charge in [-0.3, -0.25) is 4.98 Å². The van der Waals surface area contributed by atoms with Crippen molar-refractivity contribution >= 4 is 34.8 Å². The molecule has 17 heavy (non-hydrogen) atoms. The van der Waals surface area contributed by atoms with Gasteiger partial charge in [0.25, 0.3) is 0 Å². The summed E-state index contributed by atoms with van der Waals surface area (Å²) >= 11 is 17.5. The van der Waals surface area contributed by atoms with Crippen molar-refractivity contribution in [2.45, 2.75) is 6.61 Å².